The molecule has 0 fully saturated rings. The highest BCUT2D eigenvalue weighted by atomic mass is 16.4. The first-order valence-electron chi connectivity index (χ1n) is 3.30. The van der Waals surface area contributed by atoms with Crippen LogP contribution in [-0.4, -0.2) is 32.2 Å². The number of rotatable bonds is 2. The van der Waals surface area contributed by atoms with Gasteiger partial charge in [-0.15, -0.1) is 10.2 Å². The van der Waals surface area contributed by atoms with Crippen molar-refractivity contribution in [1.82, 2.24) is 15.2 Å². The van der Waals surface area contributed by atoms with Gasteiger partial charge in [0.05, 0.1) is 0 Å². The molecule has 0 spiro atoms. The fourth-order valence-corrected chi connectivity index (χ4v) is 0.683. The number of carboxylic acid groups (broad SMARTS) is 1. The van der Waals surface area contributed by atoms with Crippen molar-refractivity contribution in [2.45, 2.75) is 6.92 Å². The fraction of sp³-hybridized carbons (Fsp3) is 0.167. The van der Waals surface area contributed by atoms with E-state index in [1.54, 1.807) is 0 Å². The molecule has 0 aliphatic rings. The van der Waals surface area contributed by atoms with Crippen molar-refractivity contribution in [2.75, 3.05) is 5.32 Å². The zero-order valence-electron chi connectivity index (χ0n) is 6.68. The zero-order valence-corrected chi connectivity index (χ0v) is 6.68. The van der Waals surface area contributed by atoms with Crippen molar-refractivity contribution in [3.05, 3.63) is 12.0 Å². The van der Waals surface area contributed by atoms with Crippen molar-refractivity contribution in [1.29, 1.82) is 0 Å². The van der Waals surface area contributed by atoms with Crippen LogP contribution in [0.15, 0.2) is 6.33 Å². The minimum Gasteiger partial charge on any atom is -0.476 e. The average molecular weight is 182 g/mol. The molecule has 1 aromatic rings. The number of amides is 1. The molecule has 0 bridgehead atoms. The van der Waals surface area contributed by atoms with Crippen LogP contribution < -0.4 is 5.32 Å². The molecule has 1 amide bonds. The third kappa shape index (κ3) is 2.19. The molecule has 1 rings (SSSR count). The third-order valence-electron chi connectivity index (χ3n) is 1.12. The third-order valence-corrected chi connectivity index (χ3v) is 1.12. The largest absolute Gasteiger partial charge is 0.476 e. The molecular weight excluding hydrogens is 176 g/mol. The van der Waals surface area contributed by atoms with Crippen LogP contribution in [0.1, 0.15) is 17.4 Å². The van der Waals surface area contributed by atoms with Crippen LogP contribution >= 0.6 is 0 Å². The summed E-state index contributed by atoms with van der Waals surface area (Å²) in [4.78, 5) is 24.6. The van der Waals surface area contributed by atoms with Gasteiger partial charge in [0.1, 0.15) is 6.33 Å². The minimum absolute atomic E-state index is 0.150. The van der Waals surface area contributed by atoms with Crippen LogP contribution in [0.3, 0.4) is 0 Å². The lowest BCUT2D eigenvalue weighted by atomic mass is 10.4. The van der Waals surface area contributed by atoms with Gasteiger partial charge in [0.2, 0.25) is 5.91 Å². The Morgan fingerprint density at radius 1 is 1.54 bits per heavy atom. The molecule has 13 heavy (non-hydrogen) atoms. The number of carbonyl (C=O) groups is 2. The van der Waals surface area contributed by atoms with Gasteiger partial charge in [-0.25, -0.2) is 9.78 Å². The second kappa shape index (κ2) is 3.57. The number of carbonyl (C=O) groups excluding carboxylic acids is 1. The van der Waals surface area contributed by atoms with E-state index in [9.17, 15) is 9.59 Å². The van der Waals surface area contributed by atoms with Gasteiger partial charge in [0.25, 0.3) is 0 Å². The molecule has 0 saturated carbocycles. The second-order valence-electron chi connectivity index (χ2n) is 2.14. The molecule has 0 aliphatic carbocycles. The Kier molecular flexibility index (Phi) is 2.48. The lowest BCUT2D eigenvalue weighted by Crippen LogP contribution is -2.14. The Labute approximate surface area is 72.8 Å². The number of nitrogens with one attached hydrogen (secondary N) is 1. The normalized spacial score (nSPS) is 9.31. The van der Waals surface area contributed by atoms with Crippen LogP contribution in [0.25, 0.3) is 0 Å². The number of nitrogens with zero attached hydrogens (tertiary/aromatic N) is 3. The van der Waals surface area contributed by atoms with E-state index < -0.39 is 11.9 Å². The average Bonchev–Trinajstić information content (AvgIpc) is 2.03. The first-order valence-corrected chi connectivity index (χ1v) is 3.30. The number of carboxylic acids is 1. The molecule has 68 valence electrons. The van der Waals surface area contributed by atoms with E-state index in [1.807, 2.05) is 0 Å². The SMILES string of the molecule is CC(=O)Nc1nncnc1C(=O)O. The molecule has 1 aromatic heterocycles. The molecule has 0 aliphatic heterocycles. The smallest absolute Gasteiger partial charge is 0.358 e. The maximum Gasteiger partial charge on any atom is 0.358 e. The first-order chi connectivity index (χ1) is 6.11. The van der Waals surface area contributed by atoms with Crippen molar-refractivity contribution < 1.29 is 14.7 Å². The maximum absolute atomic E-state index is 10.6. The molecule has 0 radical (unpaired) electrons. The summed E-state index contributed by atoms with van der Waals surface area (Å²) in [6.45, 7) is 1.24. The second-order valence-corrected chi connectivity index (χ2v) is 2.14. The van der Waals surface area contributed by atoms with Crippen molar-refractivity contribution in [3.63, 3.8) is 0 Å². The van der Waals surface area contributed by atoms with Gasteiger partial charge in [-0.1, -0.05) is 0 Å². The van der Waals surface area contributed by atoms with Gasteiger partial charge in [-0.2, -0.15) is 0 Å². The summed E-state index contributed by atoms with van der Waals surface area (Å²) in [7, 11) is 0. The van der Waals surface area contributed by atoms with Crippen LogP contribution in [0.2, 0.25) is 0 Å². The summed E-state index contributed by atoms with van der Waals surface area (Å²) in [5.41, 5.74) is -0.329. The van der Waals surface area contributed by atoms with Crippen LogP contribution in [0.4, 0.5) is 5.82 Å². The Morgan fingerprint density at radius 3 is 2.77 bits per heavy atom. The standard InChI is InChI=1S/C6H6N4O3/c1-3(11)9-5-4(6(12)13)7-2-8-10-5/h2H,1H3,(H,12,13)(H,9,10,11). The predicted octanol–water partition coefficient (Wildman–Crippen LogP) is -0.472. The molecule has 7 heteroatoms. The fourth-order valence-electron chi connectivity index (χ4n) is 0.683. The van der Waals surface area contributed by atoms with Gasteiger partial charge < -0.3 is 10.4 Å². The molecule has 0 atom stereocenters. The number of aromatic nitrogens is 3. The van der Waals surface area contributed by atoms with Crippen LogP contribution in [0, 0.1) is 0 Å². The molecule has 0 saturated heterocycles. The maximum atomic E-state index is 10.6. The molecule has 7 nitrogen and oxygen atoms in total. The molecular formula is C6H6N4O3. The summed E-state index contributed by atoms with van der Waals surface area (Å²) in [5.74, 6) is -1.84. The highest BCUT2D eigenvalue weighted by Gasteiger charge is 2.13. The number of hydrogen-bond acceptors (Lipinski definition) is 5. The zero-order chi connectivity index (χ0) is 9.84. The predicted molar refractivity (Wildman–Crippen MR) is 41.1 cm³/mol. The van der Waals surface area contributed by atoms with Gasteiger partial charge >= 0.3 is 5.97 Å². The van der Waals surface area contributed by atoms with Gasteiger partial charge in [-0.05, 0) is 0 Å². The highest BCUT2D eigenvalue weighted by Crippen LogP contribution is 2.05. The summed E-state index contributed by atoms with van der Waals surface area (Å²) in [6.07, 6.45) is 0.995. The van der Waals surface area contributed by atoms with Gasteiger partial charge in [0, 0.05) is 6.92 Å². The van der Waals surface area contributed by atoms with E-state index in [-0.39, 0.29) is 11.5 Å². The molecule has 1 heterocycles. The molecule has 0 aromatic carbocycles. The Bertz CT molecular complexity index is 351. The van der Waals surface area contributed by atoms with Gasteiger partial charge in [0.15, 0.2) is 11.5 Å². The van der Waals surface area contributed by atoms with E-state index >= 15 is 0 Å². The van der Waals surface area contributed by atoms with Crippen molar-refractivity contribution >= 4 is 17.7 Å². The van der Waals surface area contributed by atoms with E-state index in [2.05, 4.69) is 20.5 Å². The Balaban J connectivity index is 3.04. The van der Waals surface area contributed by atoms with Gasteiger partial charge in [-0.3, -0.25) is 4.79 Å². The van der Waals surface area contributed by atoms with Crippen molar-refractivity contribution in [2.24, 2.45) is 0 Å². The summed E-state index contributed by atoms with van der Waals surface area (Å²) in [5, 5.41) is 17.6. The Hall–Kier alpha value is -2.05. The van der Waals surface area contributed by atoms with Crippen molar-refractivity contribution in [3.8, 4) is 0 Å². The topological polar surface area (TPSA) is 105 Å². The van der Waals surface area contributed by atoms with E-state index in [4.69, 9.17) is 5.11 Å². The summed E-state index contributed by atoms with van der Waals surface area (Å²) >= 11 is 0. The Morgan fingerprint density at radius 2 is 2.23 bits per heavy atom. The van der Waals surface area contributed by atoms with E-state index in [0.717, 1.165) is 6.33 Å². The summed E-state index contributed by atoms with van der Waals surface area (Å²) in [6, 6.07) is 0. The molecule has 2 N–H and O–H groups in total. The summed E-state index contributed by atoms with van der Waals surface area (Å²) < 4.78 is 0. The lowest BCUT2D eigenvalue weighted by Gasteiger charge is -2.01. The number of aromatic carboxylic acids is 1. The van der Waals surface area contributed by atoms with Crippen LogP contribution in [-0.2, 0) is 4.79 Å². The van der Waals surface area contributed by atoms with E-state index in [0.29, 0.717) is 0 Å². The highest BCUT2D eigenvalue weighted by molar-refractivity contribution is 5.96. The minimum atomic E-state index is -1.27. The molecule has 0 unspecified atom stereocenters. The monoisotopic (exact) mass is 182 g/mol. The number of hydrogen-bond donors (Lipinski definition) is 2. The van der Waals surface area contributed by atoms with Crippen LogP contribution in [0.5, 0.6) is 0 Å². The number of anilines is 1. The quantitative estimate of drug-likeness (QED) is 0.640. The first kappa shape index (κ1) is 9.04. The van der Waals surface area contributed by atoms with E-state index in [1.165, 1.54) is 6.92 Å². The lowest BCUT2D eigenvalue weighted by molar-refractivity contribution is -0.114.